The zero-order chi connectivity index (χ0) is 17.6. The van der Waals surface area contributed by atoms with Crippen molar-refractivity contribution in [2.75, 3.05) is 18.4 Å². The molecule has 1 saturated heterocycles. The number of anilines is 1. The van der Waals surface area contributed by atoms with Crippen LogP contribution in [-0.4, -0.2) is 40.1 Å². The Hall–Kier alpha value is -3.14. The number of amides is 2. The van der Waals surface area contributed by atoms with E-state index in [9.17, 15) is 4.79 Å². The van der Waals surface area contributed by atoms with Gasteiger partial charge < -0.3 is 15.0 Å². The highest BCUT2D eigenvalue weighted by molar-refractivity contribution is 5.89. The SMILES string of the molecule is Cc1ccc(NC(=O)N2CCCC(Oc3nccnc3C#N)C2)cc1. The lowest BCUT2D eigenvalue weighted by molar-refractivity contribution is 0.102. The number of rotatable bonds is 3. The minimum atomic E-state index is -0.207. The zero-order valence-corrected chi connectivity index (χ0v) is 14.0. The van der Waals surface area contributed by atoms with Crippen LogP contribution in [0.3, 0.4) is 0 Å². The van der Waals surface area contributed by atoms with Gasteiger partial charge in [0.05, 0.1) is 6.54 Å². The fourth-order valence-electron chi connectivity index (χ4n) is 2.70. The molecule has 2 aromatic rings. The summed E-state index contributed by atoms with van der Waals surface area (Å²) in [4.78, 5) is 22.2. The van der Waals surface area contributed by atoms with Crippen LogP contribution in [0.1, 0.15) is 24.1 Å². The number of ether oxygens (including phenoxy) is 1. The second-order valence-electron chi connectivity index (χ2n) is 5.95. The highest BCUT2D eigenvalue weighted by Crippen LogP contribution is 2.19. The van der Waals surface area contributed by atoms with E-state index in [1.165, 1.54) is 12.4 Å². The molecule has 1 fully saturated rings. The van der Waals surface area contributed by atoms with Crippen LogP contribution in [0, 0.1) is 18.3 Å². The van der Waals surface area contributed by atoms with Crippen molar-refractivity contribution in [3.63, 3.8) is 0 Å². The summed E-state index contributed by atoms with van der Waals surface area (Å²) in [5.74, 6) is 0.218. The summed E-state index contributed by atoms with van der Waals surface area (Å²) >= 11 is 0. The van der Waals surface area contributed by atoms with Crippen LogP contribution < -0.4 is 10.1 Å². The van der Waals surface area contributed by atoms with Gasteiger partial charge >= 0.3 is 6.03 Å². The zero-order valence-electron chi connectivity index (χ0n) is 14.0. The van der Waals surface area contributed by atoms with E-state index in [0.717, 1.165) is 24.1 Å². The first-order valence-corrected chi connectivity index (χ1v) is 8.16. The van der Waals surface area contributed by atoms with E-state index < -0.39 is 0 Å². The molecule has 0 bridgehead atoms. The molecule has 1 aromatic heterocycles. The van der Waals surface area contributed by atoms with E-state index >= 15 is 0 Å². The molecule has 25 heavy (non-hydrogen) atoms. The molecule has 0 aliphatic carbocycles. The van der Waals surface area contributed by atoms with Crippen LogP contribution in [0.25, 0.3) is 0 Å². The number of hydrogen-bond acceptors (Lipinski definition) is 5. The molecule has 0 spiro atoms. The Bertz CT molecular complexity index is 785. The van der Waals surface area contributed by atoms with Gasteiger partial charge in [0, 0.05) is 24.6 Å². The summed E-state index contributed by atoms with van der Waals surface area (Å²) in [6, 6.07) is 9.47. The first-order valence-electron chi connectivity index (χ1n) is 8.16. The number of nitrogens with zero attached hydrogens (tertiary/aromatic N) is 4. The molecule has 3 rings (SSSR count). The van der Waals surface area contributed by atoms with E-state index in [1.54, 1.807) is 4.90 Å². The maximum absolute atomic E-state index is 12.5. The van der Waals surface area contributed by atoms with Crippen LogP contribution in [0.5, 0.6) is 5.88 Å². The summed E-state index contributed by atoms with van der Waals surface area (Å²) in [6.45, 7) is 3.11. The van der Waals surface area contributed by atoms with Gasteiger partial charge in [0.15, 0.2) is 0 Å². The highest BCUT2D eigenvalue weighted by atomic mass is 16.5. The minimum absolute atomic E-state index is 0.156. The molecular formula is C18H19N5O2. The molecule has 1 aromatic carbocycles. The number of aryl methyl sites for hydroxylation is 1. The van der Waals surface area contributed by atoms with Crippen molar-refractivity contribution in [2.45, 2.75) is 25.9 Å². The van der Waals surface area contributed by atoms with E-state index in [4.69, 9.17) is 10.00 Å². The van der Waals surface area contributed by atoms with Crippen molar-refractivity contribution in [2.24, 2.45) is 0 Å². The predicted molar refractivity (Wildman–Crippen MR) is 92.2 cm³/mol. The third-order valence-electron chi connectivity index (χ3n) is 4.02. The van der Waals surface area contributed by atoms with Gasteiger partial charge in [-0.25, -0.2) is 14.8 Å². The Balaban J connectivity index is 1.61. The first kappa shape index (κ1) is 16.7. The topological polar surface area (TPSA) is 91.1 Å². The van der Waals surface area contributed by atoms with E-state index in [-0.39, 0.29) is 23.7 Å². The quantitative estimate of drug-likeness (QED) is 0.930. The Kier molecular flexibility index (Phi) is 5.09. The lowest BCUT2D eigenvalue weighted by Gasteiger charge is -2.32. The van der Waals surface area contributed by atoms with Crippen molar-refractivity contribution in [3.8, 4) is 11.9 Å². The van der Waals surface area contributed by atoms with Crippen LogP contribution in [0.15, 0.2) is 36.7 Å². The fourth-order valence-corrected chi connectivity index (χ4v) is 2.70. The van der Waals surface area contributed by atoms with Gasteiger partial charge in [-0.1, -0.05) is 17.7 Å². The Labute approximate surface area is 146 Å². The smallest absolute Gasteiger partial charge is 0.321 e. The number of nitrogens with one attached hydrogen (secondary N) is 1. The number of hydrogen-bond donors (Lipinski definition) is 1. The molecule has 2 amide bonds. The second kappa shape index (κ2) is 7.62. The van der Waals surface area contributed by atoms with Crippen LogP contribution in [0.4, 0.5) is 10.5 Å². The summed E-state index contributed by atoms with van der Waals surface area (Å²) in [5.41, 5.74) is 2.06. The van der Waals surface area contributed by atoms with Crippen LogP contribution in [-0.2, 0) is 0 Å². The number of carbonyl (C=O) groups excluding carboxylic acids is 1. The van der Waals surface area contributed by atoms with Crippen LogP contribution >= 0.6 is 0 Å². The third kappa shape index (κ3) is 4.23. The van der Waals surface area contributed by atoms with Crippen molar-refractivity contribution in [1.82, 2.24) is 14.9 Å². The fraction of sp³-hybridized carbons (Fsp3) is 0.333. The van der Waals surface area contributed by atoms with Gasteiger partial charge in [0.2, 0.25) is 5.69 Å². The maximum Gasteiger partial charge on any atom is 0.321 e. The Morgan fingerprint density at radius 3 is 2.84 bits per heavy atom. The standard InChI is InChI=1S/C18H19N5O2/c1-13-4-6-14(7-5-13)22-18(24)23-10-2-3-15(12-23)25-17-16(11-19)20-8-9-21-17/h4-9,15H,2-3,10,12H2,1H3,(H,22,24). The number of likely N-dealkylation sites (tertiary alicyclic amines) is 1. The number of urea groups is 1. The van der Waals surface area contributed by atoms with Gasteiger partial charge in [-0.15, -0.1) is 0 Å². The number of nitriles is 1. The molecule has 1 aliphatic rings. The average molecular weight is 337 g/mol. The lowest BCUT2D eigenvalue weighted by Crippen LogP contribution is -2.46. The molecule has 2 heterocycles. The molecule has 128 valence electrons. The van der Waals surface area contributed by atoms with Crippen molar-refractivity contribution in [1.29, 1.82) is 5.26 Å². The number of carbonyl (C=O) groups is 1. The normalized spacial score (nSPS) is 16.8. The van der Waals surface area contributed by atoms with Gasteiger partial charge in [0.25, 0.3) is 5.88 Å². The Morgan fingerprint density at radius 1 is 1.32 bits per heavy atom. The monoisotopic (exact) mass is 337 g/mol. The predicted octanol–water partition coefficient (Wildman–Crippen LogP) is 2.73. The summed E-state index contributed by atoms with van der Waals surface area (Å²) in [7, 11) is 0. The molecule has 7 heteroatoms. The van der Waals surface area contributed by atoms with Gasteiger partial charge in [-0.2, -0.15) is 5.26 Å². The van der Waals surface area contributed by atoms with E-state index in [0.29, 0.717) is 13.1 Å². The average Bonchev–Trinajstić information content (AvgIpc) is 2.64. The van der Waals surface area contributed by atoms with Crippen molar-refractivity contribution >= 4 is 11.7 Å². The van der Waals surface area contributed by atoms with Crippen molar-refractivity contribution in [3.05, 3.63) is 47.9 Å². The molecule has 7 nitrogen and oxygen atoms in total. The van der Waals surface area contributed by atoms with Gasteiger partial charge in [-0.3, -0.25) is 0 Å². The largest absolute Gasteiger partial charge is 0.470 e. The molecule has 1 aliphatic heterocycles. The third-order valence-corrected chi connectivity index (χ3v) is 4.02. The van der Waals surface area contributed by atoms with Crippen molar-refractivity contribution < 1.29 is 9.53 Å². The summed E-state index contributed by atoms with van der Waals surface area (Å²) in [6.07, 6.45) is 4.36. The number of aromatic nitrogens is 2. The highest BCUT2D eigenvalue weighted by Gasteiger charge is 2.26. The van der Waals surface area contributed by atoms with E-state index in [2.05, 4.69) is 15.3 Å². The Morgan fingerprint density at radius 2 is 2.08 bits per heavy atom. The molecule has 0 saturated carbocycles. The minimum Gasteiger partial charge on any atom is -0.470 e. The summed E-state index contributed by atoms with van der Waals surface area (Å²) in [5, 5.41) is 12.0. The van der Waals surface area contributed by atoms with E-state index in [1.807, 2.05) is 37.3 Å². The molecule has 1 unspecified atom stereocenters. The van der Waals surface area contributed by atoms with Crippen LogP contribution in [0.2, 0.25) is 0 Å². The second-order valence-corrected chi connectivity index (χ2v) is 5.95. The molecule has 1 N–H and O–H groups in total. The molecule has 0 radical (unpaired) electrons. The van der Waals surface area contributed by atoms with Gasteiger partial charge in [-0.05, 0) is 31.9 Å². The molecule has 1 atom stereocenters. The summed E-state index contributed by atoms with van der Waals surface area (Å²) < 4.78 is 5.81. The number of piperidine rings is 1. The number of benzene rings is 1. The lowest BCUT2D eigenvalue weighted by atomic mass is 10.1. The van der Waals surface area contributed by atoms with Gasteiger partial charge in [0.1, 0.15) is 12.2 Å². The maximum atomic E-state index is 12.5. The molecular weight excluding hydrogens is 318 g/mol. The first-order chi connectivity index (χ1) is 12.2.